The fourth-order valence-corrected chi connectivity index (χ4v) is 3.44. The van der Waals surface area contributed by atoms with Crippen LogP contribution in [0.2, 0.25) is 0 Å². The molecule has 3 aromatic heterocycles. The summed E-state index contributed by atoms with van der Waals surface area (Å²) in [5, 5.41) is 30.6. The van der Waals surface area contributed by atoms with Crippen LogP contribution in [0.3, 0.4) is 0 Å². The lowest BCUT2D eigenvalue weighted by molar-refractivity contribution is 0.148. The average molecular weight is 341 g/mol. The monoisotopic (exact) mass is 341 g/mol. The number of aliphatic hydroxyl groups excluding tert-OH is 1. The van der Waals surface area contributed by atoms with E-state index in [9.17, 15) is 5.11 Å². The largest absolute Gasteiger partial charge is 0.391 e. The van der Waals surface area contributed by atoms with Crippen LogP contribution >= 0.6 is 0 Å². The molecule has 132 valence electrons. The van der Waals surface area contributed by atoms with Crippen LogP contribution in [0.1, 0.15) is 36.8 Å². The van der Waals surface area contributed by atoms with E-state index in [0.717, 1.165) is 41.4 Å². The van der Waals surface area contributed by atoms with E-state index in [-0.39, 0.29) is 5.92 Å². The molecule has 0 saturated carbocycles. The first kappa shape index (κ1) is 16.0. The number of β-amino-alcohol motifs (C(OH)–C–C–N with tert-alkyl or cyclic N) is 1. The van der Waals surface area contributed by atoms with Gasteiger partial charge in [-0.15, -0.1) is 10.2 Å². The lowest BCUT2D eigenvalue weighted by Crippen LogP contribution is -2.22. The molecule has 0 aliphatic carbocycles. The van der Waals surface area contributed by atoms with Gasteiger partial charge in [-0.1, -0.05) is 13.8 Å². The highest BCUT2D eigenvalue weighted by Crippen LogP contribution is 2.30. The minimum absolute atomic E-state index is 0.140. The molecule has 0 unspecified atom stereocenters. The summed E-state index contributed by atoms with van der Waals surface area (Å²) in [6.45, 7) is 7.56. The number of nitrogens with one attached hydrogen (secondary N) is 1. The average Bonchev–Trinajstić information content (AvgIpc) is 3.27. The molecule has 0 spiro atoms. The van der Waals surface area contributed by atoms with E-state index in [1.54, 1.807) is 10.8 Å². The van der Waals surface area contributed by atoms with Crippen molar-refractivity contribution in [2.24, 2.45) is 5.92 Å². The maximum absolute atomic E-state index is 10.6. The Kier molecular flexibility index (Phi) is 3.91. The molecule has 0 amide bonds. The van der Waals surface area contributed by atoms with Crippen molar-refractivity contribution in [3.63, 3.8) is 0 Å². The van der Waals surface area contributed by atoms with E-state index in [1.165, 1.54) is 0 Å². The first-order valence-corrected chi connectivity index (χ1v) is 8.66. The third kappa shape index (κ3) is 2.97. The fourth-order valence-electron chi connectivity index (χ4n) is 3.44. The minimum atomic E-state index is -0.393. The number of fused-ring (bicyclic) bond motifs is 1. The molecule has 2 atom stereocenters. The first-order chi connectivity index (χ1) is 12.0. The molecular weight excluding hydrogens is 318 g/mol. The van der Waals surface area contributed by atoms with Crippen molar-refractivity contribution in [2.75, 3.05) is 18.0 Å². The van der Waals surface area contributed by atoms with Gasteiger partial charge in [0.25, 0.3) is 0 Å². The Bertz CT molecular complexity index is 884. The summed E-state index contributed by atoms with van der Waals surface area (Å²) in [5.41, 5.74) is 4.74. The van der Waals surface area contributed by atoms with Crippen molar-refractivity contribution in [1.82, 2.24) is 30.0 Å². The van der Waals surface area contributed by atoms with Crippen LogP contribution in [0.4, 0.5) is 5.69 Å². The standard InChI is InChI=1S/C17H23N7O/c1-10(2)14-6-15(17-21-18-9-24(17)22-14)23-7-12(16(25)8-23)5-13-4-11(3)19-20-13/h4,6,9-10,12,16,25H,5,7-8H2,1-3H3,(H,19,20)/t12-,16-/m1/s1. The number of aliphatic hydroxyl groups is 1. The van der Waals surface area contributed by atoms with Gasteiger partial charge in [-0.25, -0.2) is 0 Å². The molecular formula is C17H23N7O. The molecule has 2 N–H and O–H groups in total. The summed E-state index contributed by atoms with van der Waals surface area (Å²) >= 11 is 0. The second-order valence-electron chi connectivity index (χ2n) is 7.19. The molecule has 0 aromatic carbocycles. The van der Waals surface area contributed by atoms with Crippen molar-refractivity contribution >= 4 is 11.3 Å². The van der Waals surface area contributed by atoms with Crippen LogP contribution in [0.5, 0.6) is 0 Å². The van der Waals surface area contributed by atoms with E-state index in [0.29, 0.717) is 12.5 Å². The number of hydrogen-bond donors (Lipinski definition) is 2. The molecule has 1 fully saturated rings. The van der Waals surface area contributed by atoms with E-state index in [4.69, 9.17) is 0 Å². The molecule has 3 aromatic rings. The van der Waals surface area contributed by atoms with Gasteiger partial charge in [0.15, 0.2) is 0 Å². The minimum Gasteiger partial charge on any atom is -0.391 e. The lowest BCUT2D eigenvalue weighted by Gasteiger charge is -2.20. The van der Waals surface area contributed by atoms with Crippen LogP contribution in [-0.4, -0.2) is 54.3 Å². The Balaban J connectivity index is 1.62. The summed E-state index contributed by atoms with van der Waals surface area (Å²) < 4.78 is 1.72. The summed E-state index contributed by atoms with van der Waals surface area (Å²) in [6.07, 6.45) is 1.99. The topological polar surface area (TPSA) is 95.2 Å². The predicted molar refractivity (Wildman–Crippen MR) is 93.6 cm³/mol. The smallest absolute Gasteiger partial charge is 0.200 e. The third-order valence-electron chi connectivity index (χ3n) is 4.84. The molecule has 4 rings (SSSR count). The second kappa shape index (κ2) is 6.11. The van der Waals surface area contributed by atoms with Crippen molar-refractivity contribution in [1.29, 1.82) is 0 Å². The van der Waals surface area contributed by atoms with Gasteiger partial charge in [0.2, 0.25) is 5.65 Å². The zero-order valence-electron chi connectivity index (χ0n) is 14.7. The second-order valence-corrected chi connectivity index (χ2v) is 7.19. The van der Waals surface area contributed by atoms with E-state index in [1.807, 2.05) is 13.0 Å². The van der Waals surface area contributed by atoms with E-state index in [2.05, 4.69) is 50.3 Å². The molecule has 0 radical (unpaired) electrons. The van der Waals surface area contributed by atoms with Gasteiger partial charge >= 0.3 is 0 Å². The highest BCUT2D eigenvalue weighted by Gasteiger charge is 2.33. The van der Waals surface area contributed by atoms with Crippen LogP contribution in [-0.2, 0) is 6.42 Å². The number of rotatable bonds is 4. The Morgan fingerprint density at radius 2 is 2.16 bits per heavy atom. The van der Waals surface area contributed by atoms with Gasteiger partial charge in [-0.2, -0.15) is 14.7 Å². The summed E-state index contributed by atoms with van der Waals surface area (Å²) in [4.78, 5) is 2.19. The maximum Gasteiger partial charge on any atom is 0.200 e. The zero-order chi connectivity index (χ0) is 17.6. The van der Waals surface area contributed by atoms with Gasteiger partial charge in [0.05, 0.1) is 23.2 Å². The lowest BCUT2D eigenvalue weighted by atomic mass is 10.0. The molecule has 25 heavy (non-hydrogen) atoms. The molecule has 1 aliphatic rings. The van der Waals surface area contributed by atoms with Crippen molar-refractivity contribution in [3.05, 3.63) is 35.5 Å². The van der Waals surface area contributed by atoms with Crippen molar-refractivity contribution in [3.8, 4) is 0 Å². The molecule has 1 aliphatic heterocycles. The number of anilines is 1. The molecule has 0 bridgehead atoms. The highest BCUT2D eigenvalue weighted by molar-refractivity contribution is 5.69. The molecule has 1 saturated heterocycles. The van der Waals surface area contributed by atoms with Gasteiger partial charge < -0.3 is 10.0 Å². The highest BCUT2D eigenvalue weighted by atomic mass is 16.3. The SMILES string of the molecule is Cc1cc(C[C@@H]2CN(c3cc(C(C)C)nn4cnnc34)C[C@H]2O)n[nH]1. The van der Waals surface area contributed by atoms with Gasteiger partial charge in [-0.05, 0) is 31.4 Å². The van der Waals surface area contributed by atoms with Crippen LogP contribution < -0.4 is 4.90 Å². The zero-order valence-corrected chi connectivity index (χ0v) is 14.7. The number of hydrogen-bond acceptors (Lipinski definition) is 6. The Morgan fingerprint density at radius 3 is 2.88 bits per heavy atom. The molecule has 8 heteroatoms. The Hall–Kier alpha value is -2.48. The van der Waals surface area contributed by atoms with Gasteiger partial charge in [0, 0.05) is 24.7 Å². The summed E-state index contributed by atoms with van der Waals surface area (Å²) in [7, 11) is 0. The number of nitrogens with zero attached hydrogens (tertiary/aromatic N) is 6. The van der Waals surface area contributed by atoms with Crippen LogP contribution in [0.25, 0.3) is 5.65 Å². The number of H-pyrrole nitrogens is 1. The third-order valence-corrected chi connectivity index (χ3v) is 4.84. The number of aromatic amines is 1. The Labute approximate surface area is 145 Å². The van der Waals surface area contributed by atoms with Crippen LogP contribution in [0.15, 0.2) is 18.5 Å². The van der Waals surface area contributed by atoms with E-state index >= 15 is 0 Å². The number of aromatic nitrogens is 6. The maximum atomic E-state index is 10.6. The number of aryl methyl sites for hydroxylation is 1. The van der Waals surface area contributed by atoms with Crippen molar-refractivity contribution < 1.29 is 5.11 Å². The summed E-state index contributed by atoms with van der Waals surface area (Å²) in [6, 6.07) is 4.11. The fraction of sp³-hybridized carbons (Fsp3) is 0.529. The Morgan fingerprint density at radius 1 is 1.32 bits per heavy atom. The molecule has 8 nitrogen and oxygen atoms in total. The van der Waals surface area contributed by atoms with Crippen LogP contribution in [0, 0.1) is 12.8 Å². The van der Waals surface area contributed by atoms with Gasteiger partial charge in [0.1, 0.15) is 6.33 Å². The van der Waals surface area contributed by atoms with E-state index < -0.39 is 6.10 Å². The quantitative estimate of drug-likeness (QED) is 0.743. The summed E-state index contributed by atoms with van der Waals surface area (Å²) in [5.74, 6) is 0.447. The normalized spacial score (nSPS) is 20.9. The van der Waals surface area contributed by atoms with Crippen molar-refractivity contribution in [2.45, 2.75) is 39.2 Å². The van der Waals surface area contributed by atoms with Gasteiger partial charge in [-0.3, -0.25) is 5.10 Å². The molecule has 4 heterocycles. The predicted octanol–water partition coefficient (Wildman–Crippen LogP) is 1.32. The first-order valence-electron chi connectivity index (χ1n) is 8.66.